The Morgan fingerprint density at radius 2 is 2.07 bits per heavy atom. The normalized spacial score (nSPS) is 17.7. The van der Waals surface area contributed by atoms with E-state index in [1.54, 1.807) is 0 Å². The fourth-order valence-corrected chi connectivity index (χ4v) is 3.11. The molecule has 27 heavy (non-hydrogen) atoms. The van der Waals surface area contributed by atoms with Gasteiger partial charge in [-0.05, 0) is 38.0 Å². The van der Waals surface area contributed by atoms with Crippen molar-refractivity contribution in [3.05, 3.63) is 34.9 Å². The molecule has 0 aliphatic carbocycles. The maximum atomic E-state index is 10.7. The van der Waals surface area contributed by atoms with Crippen molar-refractivity contribution in [1.29, 1.82) is 0 Å². The first-order chi connectivity index (χ1) is 12.5. The average molecular weight is 511 g/mol. The molecule has 2 rings (SSSR count). The molecule has 1 fully saturated rings. The van der Waals surface area contributed by atoms with E-state index in [9.17, 15) is 5.11 Å². The van der Waals surface area contributed by atoms with Crippen molar-refractivity contribution in [2.45, 2.75) is 25.9 Å². The number of halogens is 2. The van der Waals surface area contributed by atoms with Crippen molar-refractivity contribution in [2.75, 3.05) is 52.5 Å². The van der Waals surface area contributed by atoms with Gasteiger partial charge in [-0.3, -0.25) is 9.89 Å². The zero-order valence-corrected chi connectivity index (χ0v) is 19.3. The molecule has 1 heterocycles. The number of hydrogen-bond acceptors (Lipinski definition) is 4. The number of morpholine rings is 1. The van der Waals surface area contributed by atoms with Crippen LogP contribution in [0.5, 0.6) is 0 Å². The number of β-amino-alcohol motifs (C(OH)–C–C–N with tert-alkyl or cyclic N) is 1. The molecule has 6 nitrogen and oxygen atoms in total. The van der Waals surface area contributed by atoms with Crippen LogP contribution in [-0.2, 0) is 11.2 Å². The summed E-state index contributed by atoms with van der Waals surface area (Å²) in [5, 5.41) is 18.0. The molecule has 1 unspecified atom stereocenters. The minimum atomic E-state index is -0.868. The molecule has 0 bridgehead atoms. The maximum Gasteiger partial charge on any atom is 0.191 e. The Hall–Kier alpha value is -0.610. The summed E-state index contributed by atoms with van der Waals surface area (Å²) in [4.78, 5) is 6.78. The highest BCUT2D eigenvalue weighted by molar-refractivity contribution is 14.0. The van der Waals surface area contributed by atoms with Crippen molar-refractivity contribution in [1.82, 2.24) is 15.5 Å². The van der Waals surface area contributed by atoms with Crippen molar-refractivity contribution < 1.29 is 9.84 Å². The summed E-state index contributed by atoms with van der Waals surface area (Å²) < 4.78 is 5.35. The number of nitrogens with zero attached hydrogens (tertiary/aromatic N) is 2. The van der Waals surface area contributed by atoms with Crippen LogP contribution in [-0.4, -0.2) is 74.0 Å². The van der Waals surface area contributed by atoms with E-state index < -0.39 is 5.60 Å². The van der Waals surface area contributed by atoms with Gasteiger partial charge in [-0.25, -0.2) is 0 Å². The summed E-state index contributed by atoms with van der Waals surface area (Å²) in [6.07, 6.45) is 0.856. The van der Waals surface area contributed by atoms with E-state index >= 15 is 0 Å². The largest absolute Gasteiger partial charge is 0.387 e. The molecule has 1 saturated heterocycles. The molecule has 1 aromatic rings. The van der Waals surface area contributed by atoms with Crippen LogP contribution in [0.3, 0.4) is 0 Å². The SMILES string of the molecule is CCNC(=NCC(C)(O)CN1CCOCC1)NCCc1cccc(Cl)c1.I. The van der Waals surface area contributed by atoms with Crippen LogP contribution in [0.2, 0.25) is 5.02 Å². The smallest absolute Gasteiger partial charge is 0.191 e. The first-order valence-electron chi connectivity index (χ1n) is 9.27. The Kier molecular flexibility index (Phi) is 11.6. The van der Waals surface area contributed by atoms with Crippen molar-refractivity contribution in [2.24, 2.45) is 4.99 Å². The molecule has 8 heteroatoms. The fourth-order valence-electron chi connectivity index (χ4n) is 2.90. The standard InChI is InChI=1S/C19H31ClN4O2.HI/c1-3-21-18(22-8-7-16-5-4-6-17(20)13-16)23-14-19(2,25)15-24-9-11-26-12-10-24;/h4-6,13,25H,3,7-12,14-15H2,1-2H3,(H2,21,22,23);1H. The van der Waals surface area contributed by atoms with E-state index in [0.717, 1.165) is 56.8 Å². The molecule has 3 N–H and O–H groups in total. The summed E-state index contributed by atoms with van der Waals surface area (Å²) in [5.41, 5.74) is 0.312. The van der Waals surface area contributed by atoms with Gasteiger partial charge in [0.15, 0.2) is 5.96 Å². The minimum Gasteiger partial charge on any atom is -0.387 e. The second-order valence-corrected chi connectivity index (χ2v) is 7.32. The van der Waals surface area contributed by atoms with E-state index in [1.807, 2.05) is 32.0 Å². The van der Waals surface area contributed by atoms with Crippen molar-refractivity contribution >= 4 is 41.5 Å². The van der Waals surface area contributed by atoms with E-state index in [0.29, 0.717) is 13.1 Å². The average Bonchev–Trinajstić information content (AvgIpc) is 2.60. The third-order valence-corrected chi connectivity index (χ3v) is 4.42. The lowest BCUT2D eigenvalue weighted by atomic mass is 10.1. The van der Waals surface area contributed by atoms with Crippen molar-refractivity contribution in [3.63, 3.8) is 0 Å². The van der Waals surface area contributed by atoms with Gasteiger partial charge in [-0.15, -0.1) is 24.0 Å². The number of aliphatic hydroxyl groups is 1. The van der Waals surface area contributed by atoms with Crippen LogP contribution in [0.25, 0.3) is 0 Å². The van der Waals surface area contributed by atoms with Crippen LogP contribution in [0.1, 0.15) is 19.4 Å². The number of guanidine groups is 1. The third-order valence-electron chi connectivity index (χ3n) is 4.19. The van der Waals surface area contributed by atoms with Gasteiger partial charge in [0.1, 0.15) is 0 Å². The first-order valence-corrected chi connectivity index (χ1v) is 9.65. The summed E-state index contributed by atoms with van der Waals surface area (Å²) >= 11 is 6.02. The van der Waals surface area contributed by atoms with Gasteiger partial charge >= 0.3 is 0 Å². The monoisotopic (exact) mass is 510 g/mol. The summed E-state index contributed by atoms with van der Waals surface area (Å²) in [6, 6.07) is 7.87. The molecular weight excluding hydrogens is 479 g/mol. The fraction of sp³-hybridized carbons (Fsp3) is 0.632. The van der Waals surface area contributed by atoms with E-state index in [-0.39, 0.29) is 24.0 Å². The van der Waals surface area contributed by atoms with Gasteiger partial charge < -0.3 is 20.5 Å². The molecule has 1 aromatic carbocycles. The number of aliphatic imine (C=N–C) groups is 1. The van der Waals surface area contributed by atoms with Crippen LogP contribution >= 0.6 is 35.6 Å². The third kappa shape index (κ3) is 9.94. The van der Waals surface area contributed by atoms with Gasteiger partial charge in [0.2, 0.25) is 0 Å². The highest BCUT2D eigenvalue weighted by Crippen LogP contribution is 2.11. The molecular formula is C19H32ClIN4O2. The summed E-state index contributed by atoms with van der Waals surface area (Å²) in [5.74, 6) is 0.719. The molecule has 0 aromatic heterocycles. The number of nitrogens with one attached hydrogen (secondary N) is 2. The Labute approximate surface area is 184 Å². The lowest BCUT2D eigenvalue weighted by Gasteiger charge is -2.33. The molecule has 154 valence electrons. The summed E-state index contributed by atoms with van der Waals surface area (Å²) in [7, 11) is 0. The van der Waals surface area contributed by atoms with Crippen LogP contribution in [0, 0.1) is 0 Å². The lowest BCUT2D eigenvalue weighted by Crippen LogP contribution is -2.48. The van der Waals surface area contributed by atoms with E-state index in [2.05, 4.69) is 26.6 Å². The van der Waals surface area contributed by atoms with Crippen LogP contribution < -0.4 is 10.6 Å². The molecule has 1 atom stereocenters. The van der Waals surface area contributed by atoms with Gasteiger partial charge in [0.25, 0.3) is 0 Å². The Balaban J connectivity index is 0.00000364. The minimum absolute atomic E-state index is 0. The van der Waals surface area contributed by atoms with E-state index in [1.165, 1.54) is 5.56 Å². The first kappa shape index (κ1) is 24.4. The number of benzene rings is 1. The number of ether oxygens (including phenoxy) is 1. The molecule has 1 aliphatic rings. The van der Waals surface area contributed by atoms with Crippen LogP contribution in [0.4, 0.5) is 0 Å². The predicted molar refractivity (Wildman–Crippen MR) is 122 cm³/mol. The molecule has 1 aliphatic heterocycles. The predicted octanol–water partition coefficient (Wildman–Crippen LogP) is 2.14. The second-order valence-electron chi connectivity index (χ2n) is 6.89. The quantitative estimate of drug-likeness (QED) is 0.284. The second kappa shape index (κ2) is 12.8. The highest BCUT2D eigenvalue weighted by atomic mass is 127. The maximum absolute atomic E-state index is 10.7. The van der Waals surface area contributed by atoms with E-state index in [4.69, 9.17) is 16.3 Å². The topological polar surface area (TPSA) is 69.1 Å². The number of hydrogen-bond donors (Lipinski definition) is 3. The van der Waals surface area contributed by atoms with Crippen molar-refractivity contribution in [3.8, 4) is 0 Å². The zero-order chi connectivity index (χ0) is 18.8. The Morgan fingerprint density at radius 1 is 1.33 bits per heavy atom. The molecule has 0 radical (unpaired) electrons. The molecule has 0 saturated carbocycles. The highest BCUT2D eigenvalue weighted by Gasteiger charge is 2.25. The lowest BCUT2D eigenvalue weighted by molar-refractivity contribution is -0.0179. The Morgan fingerprint density at radius 3 is 2.74 bits per heavy atom. The molecule has 0 spiro atoms. The van der Waals surface area contributed by atoms with Gasteiger partial charge in [0.05, 0.1) is 25.4 Å². The summed E-state index contributed by atoms with van der Waals surface area (Å²) in [6.45, 7) is 9.50. The number of rotatable bonds is 8. The molecule has 0 amide bonds. The van der Waals surface area contributed by atoms with Gasteiger partial charge in [-0.2, -0.15) is 0 Å². The van der Waals surface area contributed by atoms with Gasteiger partial charge in [0, 0.05) is 37.7 Å². The Bertz CT molecular complexity index is 581. The van der Waals surface area contributed by atoms with Gasteiger partial charge in [-0.1, -0.05) is 23.7 Å². The van der Waals surface area contributed by atoms with Crippen LogP contribution in [0.15, 0.2) is 29.3 Å². The zero-order valence-electron chi connectivity index (χ0n) is 16.2.